The molecule has 7 heavy (non-hydrogen) atoms. The number of rotatable bonds is 3. The smallest absolute Gasteiger partial charge is 0 e. The summed E-state index contributed by atoms with van der Waals surface area (Å²) in [7, 11) is 0. The first-order valence-corrected chi connectivity index (χ1v) is 2.71. The molecule has 3 radical (unpaired) electrons. The molecule has 0 spiro atoms. The number of unbranched alkanes of at least 4 members (excludes halogenated alkanes) is 3. The second-order valence-corrected chi connectivity index (χ2v) is 1.56. The Balaban J connectivity index is -0.000000125. The fourth-order valence-corrected chi connectivity index (χ4v) is 0.427. The summed E-state index contributed by atoms with van der Waals surface area (Å²) in [6, 6.07) is 0. The molecular formula is C6H15Mg. The summed E-state index contributed by atoms with van der Waals surface area (Å²) in [6.07, 6.45) is 5.07. The lowest BCUT2D eigenvalue weighted by Gasteiger charge is -1.86. The van der Waals surface area contributed by atoms with E-state index in [0.717, 1.165) is 6.42 Å². The Bertz CT molecular complexity index is 20.5. The minimum atomic E-state index is 0. The fraction of sp³-hybridized carbons (Fsp3) is 0.833. The highest BCUT2D eigenvalue weighted by Crippen LogP contribution is 1.95. The molecule has 0 aromatic heterocycles. The van der Waals surface area contributed by atoms with E-state index in [-0.39, 0.29) is 24.5 Å². The van der Waals surface area contributed by atoms with E-state index in [2.05, 4.69) is 13.8 Å². The summed E-state index contributed by atoms with van der Waals surface area (Å²) < 4.78 is 0. The average Bonchev–Trinajstić information content (AvgIpc) is 1.61. The van der Waals surface area contributed by atoms with E-state index in [4.69, 9.17) is 0 Å². The van der Waals surface area contributed by atoms with Gasteiger partial charge in [0.15, 0.2) is 0 Å². The van der Waals surface area contributed by atoms with Gasteiger partial charge in [-0.1, -0.05) is 39.5 Å². The highest BCUT2D eigenvalue weighted by atomic mass is 24.3. The molecule has 0 aliphatic heterocycles. The SMILES string of the molecule is [CH2]CCCCC.[HH].[Mg]. The lowest BCUT2D eigenvalue weighted by atomic mass is 10.2. The molecule has 0 nitrogen and oxygen atoms in total. The predicted molar refractivity (Wildman–Crippen MR) is 37.4 cm³/mol. The number of hydrogen-bond donors (Lipinski definition) is 0. The van der Waals surface area contributed by atoms with Crippen LogP contribution >= 0.6 is 0 Å². The molecule has 0 atom stereocenters. The Morgan fingerprint density at radius 1 is 1.43 bits per heavy atom. The lowest BCUT2D eigenvalue weighted by Crippen LogP contribution is -1.66. The van der Waals surface area contributed by atoms with Crippen molar-refractivity contribution in [1.29, 1.82) is 0 Å². The van der Waals surface area contributed by atoms with Gasteiger partial charge in [0.2, 0.25) is 0 Å². The summed E-state index contributed by atoms with van der Waals surface area (Å²) in [6.45, 7) is 5.93. The minimum absolute atomic E-state index is 0. The van der Waals surface area contributed by atoms with Gasteiger partial charge in [0.1, 0.15) is 0 Å². The van der Waals surface area contributed by atoms with Crippen LogP contribution in [0.3, 0.4) is 0 Å². The molecule has 0 bridgehead atoms. The topological polar surface area (TPSA) is 0 Å². The van der Waals surface area contributed by atoms with Crippen LogP contribution < -0.4 is 0 Å². The van der Waals surface area contributed by atoms with Gasteiger partial charge in [0.05, 0.1) is 0 Å². The molecule has 0 amide bonds. The van der Waals surface area contributed by atoms with E-state index in [0.29, 0.717) is 0 Å². The Hall–Kier alpha value is 0.766. The molecule has 0 fully saturated rings. The molecule has 41 valence electrons. The van der Waals surface area contributed by atoms with E-state index >= 15 is 0 Å². The van der Waals surface area contributed by atoms with Crippen LogP contribution in [0.5, 0.6) is 0 Å². The third-order valence-electron chi connectivity index (χ3n) is 0.854. The third kappa shape index (κ3) is 10.8. The summed E-state index contributed by atoms with van der Waals surface area (Å²) in [4.78, 5) is 0. The zero-order valence-corrected chi connectivity index (χ0v) is 6.66. The summed E-state index contributed by atoms with van der Waals surface area (Å²) >= 11 is 0. The zero-order valence-electron chi connectivity index (χ0n) is 5.24. The lowest BCUT2D eigenvalue weighted by molar-refractivity contribution is 0.728. The predicted octanol–water partition coefficient (Wildman–Crippen LogP) is 2.27. The van der Waals surface area contributed by atoms with E-state index < -0.39 is 0 Å². The summed E-state index contributed by atoms with van der Waals surface area (Å²) in [5, 5.41) is 0. The van der Waals surface area contributed by atoms with Crippen LogP contribution in [0, 0.1) is 6.92 Å². The Labute approximate surface area is 64.3 Å². The normalized spacial score (nSPS) is 7.71. The van der Waals surface area contributed by atoms with Crippen molar-refractivity contribution in [2.24, 2.45) is 0 Å². The molecule has 0 aliphatic carbocycles. The van der Waals surface area contributed by atoms with Gasteiger partial charge in [0, 0.05) is 24.5 Å². The van der Waals surface area contributed by atoms with Crippen molar-refractivity contribution in [2.45, 2.75) is 32.6 Å². The third-order valence-corrected chi connectivity index (χ3v) is 0.854. The molecule has 0 aromatic rings. The zero-order chi connectivity index (χ0) is 4.83. The van der Waals surface area contributed by atoms with Gasteiger partial charge in [-0.15, -0.1) is 0 Å². The van der Waals surface area contributed by atoms with Crippen LogP contribution in [0.25, 0.3) is 0 Å². The van der Waals surface area contributed by atoms with Crippen LogP contribution in [0.15, 0.2) is 0 Å². The summed E-state index contributed by atoms with van der Waals surface area (Å²) in [5.41, 5.74) is 0. The van der Waals surface area contributed by atoms with Crippen molar-refractivity contribution < 1.29 is 1.43 Å². The first-order valence-electron chi connectivity index (χ1n) is 2.71. The minimum Gasteiger partial charge on any atom is -0.0654 e. The molecule has 0 rings (SSSR count). The second kappa shape index (κ2) is 9.90. The Morgan fingerprint density at radius 2 is 2.00 bits per heavy atom. The van der Waals surface area contributed by atoms with Crippen molar-refractivity contribution in [3.05, 3.63) is 6.92 Å². The average molecular weight is 111 g/mol. The quantitative estimate of drug-likeness (QED) is 0.387. The first kappa shape index (κ1) is 10.7. The molecule has 0 heterocycles. The van der Waals surface area contributed by atoms with Crippen LogP contribution in [0.4, 0.5) is 0 Å². The van der Waals surface area contributed by atoms with E-state index in [1.54, 1.807) is 0 Å². The van der Waals surface area contributed by atoms with Crippen molar-refractivity contribution >= 4 is 23.1 Å². The van der Waals surface area contributed by atoms with Gasteiger partial charge >= 0.3 is 0 Å². The van der Waals surface area contributed by atoms with Gasteiger partial charge < -0.3 is 0 Å². The van der Waals surface area contributed by atoms with Crippen molar-refractivity contribution in [3.63, 3.8) is 0 Å². The van der Waals surface area contributed by atoms with Crippen LogP contribution in [-0.4, -0.2) is 23.1 Å². The molecule has 0 unspecified atom stereocenters. The largest absolute Gasteiger partial charge is 0.0654 e. The van der Waals surface area contributed by atoms with Gasteiger partial charge in [-0.2, -0.15) is 0 Å². The highest BCUT2D eigenvalue weighted by Gasteiger charge is 1.75. The molecule has 0 N–H and O–H groups in total. The summed E-state index contributed by atoms with van der Waals surface area (Å²) in [5.74, 6) is 0. The number of hydrogen-bond acceptors (Lipinski definition) is 0. The molecule has 0 saturated heterocycles. The molecular weight excluding hydrogens is 96.4 g/mol. The molecule has 0 saturated carbocycles. The van der Waals surface area contributed by atoms with Crippen molar-refractivity contribution in [2.75, 3.05) is 0 Å². The molecule has 0 aromatic carbocycles. The van der Waals surface area contributed by atoms with Gasteiger partial charge in [-0.25, -0.2) is 0 Å². The highest BCUT2D eigenvalue weighted by molar-refractivity contribution is 5.75. The van der Waals surface area contributed by atoms with E-state index in [1.165, 1.54) is 19.3 Å². The Kier molecular flexibility index (Phi) is 15.1. The van der Waals surface area contributed by atoms with Gasteiger partial charge in [-0.05, 0) is 0 Å². The first-order chi connectivity index (χ1) is 2.91. The van der Waals surface area contributed by atoms with Crippen molar-refractivity contribution in [1.82, 2.24) is 0 Å². The molecule has 1 heteroatoms. The Morgan fingerprint density at radius 3 is 2.14 bits per heavy atom. The van der Waals surface area contributed by atoms with E-state index in [9.17, 15) is 0 Å². The van der Waals surface area contributed by atoms with Crippen LogP contribution in [0.1, 0.15) is 34.0 Å². The van der Waals surface area contributed by atoms with Gasteiger partial charge in [0.25, 0.3) is 0 Å². The molecule has 0 aliphatic rings. The fourth-order valence-electron chi connectivity index (χ4n) is 0.427. The van der Waals surface area contributed by atoms with Crippen molar-refractivity contribution in [3.8, 4) is 0 Å². The van der Waals surface area contributed by atoms with Crippen LogP contribution in [-0.2, 0) is 0 Å². The van der Waals surface area contributed by atoms with Crippen LogP contribution in [0.2, 0.25) is 0 Å². The second-order valence-electron chi connectivity index (χ2n) is 1.56. The standard InChI is InChI=1S/C6H13.Mg.H2/c1-3-5-6-4-2;;/h1,3-6H2,2H3;;1H. The monoisotopic (exact) mass is 111 g/mol. The maximum absolute atomic E-state index is 3.72. The maximum Gasteiger partial charge on any atom is 0 e. The van der Waals surface area contributed by atoms with E-state index in [1.807, 2.05) is 0 Å². The van der Waals surface area contributed by atoms with Gasteiger partial charge in [-0.3, -0.25) is 0 Å². The maximum atomic E-state index is 3.72.